The van der Waals surface area contributed by atoms with Gasteiger partial charge in [-0.25, -0.2) is 9.97 Å². The molecule has 0 spiro atoms. The third-order valence-electron chi connectivity index (χ3n) is 2.62. The summed E-state index contributed by atoms with van der Waals surface area (Å²) in [6, 6.07) is 5.72. The van der Waals surface area contributed by atoms with Crippen molar-refractivity contribution >= 4 is 17.5 Å². The molecule has 0 aromatic carbocycles. The lowest BCUT2D eigenvalue weighted by Gasteiger charge is -2.16. The molecule has 5 nitrogen and oxygen atoms in total. The van der Waals surface area contributed by atoms with Crippen LogP contribution in [0.25, 0.3) is 0 Å². The number of rotatable bonds is 4. The Hall–Kier alpha value is -2.01. The van der Waals surface area contributed by atoms with Crippen LogP contribution in [0.2, 0.25) is 5.15 Å². The number of halogens is 1. The third kappa shape index (κ3) is 3.72. The molecule has 0 aliphatic carbocycles. The van der Waals surface area contributed by atoms with E-state index in [1.54, 1.807) is 18.1 Å². The Labute approximate surface area is 116 Å². The molecule has 2 rings (SSSR count). The summed E-state index contributed by atoms with van der Waals surface area (Å²) in [7, 11) is 1.72. The fraction of sp³-hybridized carbons (Fsp3) is 0.231. The molecule has 98 valence electrons. The number of amides is 1. The molecule has 1 amide bonds. The van der Waals surface area contributed by atoms with Crippen LogP contribution in [0.4, 0.5) is 0 Å². The van der Waals surface area contributed by atoms with Crippen LogP contribution in [0.15, 0.2) is 36.8 Å². The molecule has 0 bridgehead atoms. The molecule has 0 fully saturated rings. The molecule has 0 aliphatic heterocycles. The maximum absolute atomic E-state index is 12.0. The van der Waals surface area contributed by atoms with Gasteiger partial charge < -0.3 is 4.90 Å². The summed E-state index contributed by atoms with van der Waals surface area (Å²) >= 11 is 5.63. The Balaban J connectivity index is 1.94. The van der Waals surface area contributed by atoms with Gasteiger partial charge in [-0.1, -0.05) is 17.7 Å². The minimum atomic E-state index is -0.180. The second kappa shape index (κ2) is 6.24. The highest BCUT2D eigenvalue weighted by Crippen LogP contribution is 2.04. The standard InChI is InChI=1S/C13H13ClN4O/c1-18(7-5-10-4-2-3-6-15-10)13(19)11-8-17-12(14)9-16-11/h2-4,6,8-9H,5,7H2,1H3. The molecule has 2 aromatic rings. The van der Waals surface area contributed by atoms with Crippen molar-refractivity contribution in [3.8, 4) is 0 Å². The van der Waals surface area contributed by atoms with Gasteiger partial charge >= 0.3 is 0 Å². The highest BCUT2D eigenvalue weighted by atomic mass is 35.5. The van der Waals surface area contributed by atoms with E-state index in [9.17, 15) is 4.79 Å². The minimum Gasteiger partial charge on any atom is -0.340 e. The van der Waals surface area contributed by atoms with Gasteiger partial charge in [0.1, 0.15) is 10.8 Å². The van der Waals surface area contributed by atoms with Gasteiger partial charge in [0.05, 0.1) is 12.4 Å². The summed E-state index contributed by atoms with van der Waals surface area (Å²) in [5.74, 6) is -0.180. The van der Waals surface area contributed by atoms with E-state index in [-0.39, 0.29) is 16.8 Å². The molecule has 0 saturated carbocycles. The highest BCUT2D eigenvalue weighted by molar-refractivity contribution is 6.29. The Morgan fingerprint density at radius 3 is 2.74 bits per heavy atom. The smallest absolute Gasteiger partial charge is 0.273 e. The van der Waals surface area contributed by atoms with E-state index in [1.807, 2.05) is 18.2 Å². The maximum atomic E-state index is 12.0. The van der Waals surface area contributed by atoms with E-state index in [0.29, 0.717) is 13.0 Å². The van der Waals surface area contributed by atoms with E-state index in [1.165, 1.54) is 12.4 Å². The van der Waals surface area contributed by atoms with Crippen molar-refractivity contribution < 1.29 is 4.79 Å². The molecule has 0 N–H and O–H groups in total. The number of likely N-dealkylation sites (N-methyl/N-ethyl adjacent to an activating group) is 1. The second-order valence-corrected chi connectivity index (χ2v) is 4.41. The lowest BCUT2D eigenvalue weighted by Crippen LogP contribution is -2.29. The number of pyridine rings is 1. The zero-order valence-corrected chi connectivity index (χ0v) is 11.2. The first kappa shape index (κ1) is 13.4. The molecule has 19 heavy (non-hydrogen) atoms. The largest absolute Gasteiger partial charge is 0.340 e. The Kier molecular flexibility index (Phi) is 4.41. The fourth-order valence-electron chi connectivity index (χ4n) is 1.55. The predicted molar refractivity (Wildman–Crippen MR) is 71.9 cm³/mol. The van der Waals surface area contributed by atoms with Crippen molar-refractivity contribution in [3.05, 3.63) is 53.3 Å². The number of nitrogens with zero attached hydrogens (tertiary/aromatic N) is 4. The quantitative estimate of drug-likeness (QED) is 0.855. The summed E-state index contributed by atoms with van der Waals surface area (Å²) in [6.07, 6.45) is 5.18. The number of aromatic nitrogens is 3. The van der Waals surface area contributed by atoms with Gasteiger partial charge in [0.2, 0.25) is 0 Å². The maximum Gasteiger partial charge on any atom is 0.273 e. The van der Waals surface area contributed by atoms with Gasteiger partial charge in [-0.2, -0.15) is 0 Å². The minimum absolute atomic E-state index is 0.180. The molecule has 0 radical (unpaired) electrons. The van der Waals surface area contributed by atoms with Gasteiger partial charge in [0, 0.05) is 31.9 Å². The lowest BCUT2D eigenvalue weighted by atomic mass is 10.2. The number of carbonyl (C=O) groups excluding carboxylic acids is 1. The molecule has 2 heterocycles. The van der Waals surface area contributed by atoms with E-state index in [2.05, 4.69) is 15.0 Å². The van der Waals surface area contributed by atoms with Crippen LogP contribution in [-0.2, 0) is 6.42 Å². The summed E-state index contributed by atoms with van der Waals surface area (Å²) in [5.41, 5.74) is 1.23. The van der Waals surface area contributed by atoms with Crippen molar-refractivity contribution in [2.45, 2.75) is 6.42 Å². The van der Waals surface area contributed by atoms with E-state index >= 15 is 0 Å². The first-order valence-electron chi connectivity index (χ1n) is 5.80. The van der Waals surface area contributed by atoms with Crippen molar-refractivity contribution in [3.63, 3.8) is 0 Å². The third-order valence-corrected chi connectivity index (χ3v) is 2.81. The van der Waals surface area contributed by atoms with Crippen LogP contribution >= 0.6 is 11.6 Å². The number of hydrogen-bond acceptors (Lipinski definition) is 4. The molecule has 6 heteroatoms. The van der Waals surface area contributed by atoms with Crippen LogP contribution < -0.4 is 0 Å². The Morgan fingerprint density at radius 1 is 1.26 bits per heavy atom. The number of carbonyl (C=O) groups is 1. The summed E-state index contributed by atoms with van der Waals surface area (Å²) in [4.78, 5) is 25.6. The summed E-state index contributed by atoms with van der Waals surface area (Å²) < 4.78 is 0. The normalized spacial score (nSPS) is 10.2. The monoisotopic (exact) mass is 276 g/mol. The van der Waals surface area contributed by atoms with Crippen LogP contribution in [0.1, 0.15) is 16.2 Å². The molecular formula is C13H13ClN4O. The zero-order chi connectivity index (χ0) is 13.7. The molecule has 2 aromatic heterocycles. The van der Waals surface area contributed by atoms with Gasteiger partial charge in [-0.05, 0) is 12.1 Å². The summed E-state index contributed by atoms with van der Waals surface area (Å²) in [5, 5.41) is 0.271. The lowest BCUT2D eigenvalue weighted by molar-refractivity contribution is 0.0790. The van der Waals surface area contributed by atoms with Gasteiger partial charge in [0.15, 0.2) is 0 Å². The van der Waals surface area contributed by atoms with Crippen LogP contribution in [-0.4, -0.2) is 39.4 Å². The molecule has 0 unspecified atom stereocenters. The predicted octanol–water partition coefficient (Wildman–Crippen LogP) is 1.84. The van der Waals surface area contributed by atoms with E-state index in [4.69, 9.17) is 11.6 Å². The average Bonchev–Trinajstić information content (AvgIpc) is 2.46. The van der Waals surface area contributed by atoms with Crippen LogP contribution in [0, 0.1) is 0 Å². The first-order chi connectivity index (χ1) is 9.16. The van der Waals surface area contributed by atoms with E-state index < -0.39 is 0 Å². The van der Waals surface area contributed by atoms with Crippen molar-refractivity contribution in [1.29, 1.82) is 0 Å². The average molecular weight is 277 g/mol. The zero-order valence-electron chi connectivity index (χ0n) is 10.5. The van der Waals surface area contributed by atoms with Crippen LogP contribution in [0.3, 0.4) is 0 Å². The molecular weight excluding hydrogens is 264 g/mol. The van der Waals surface area contributed by atoms with Crippen molar-refractivity contribution in [1.82, 2.24) is 19.9 Å². The van der Waals surface area contributed by atoms with Crippen molar-refractivity contribution in [2.24, 2.45) is 0 Å². The molecule has 0 atom stereocenters. The highest BCUT2D eigenvalue weighted by Gasteiger charge is 2.13. The number of hydrogen-bond donors (Lipinski definition) is 0. The van der Waals surface area contributed by atoms with Gasteiger partial charge in [-0.3, -0.25) is 9.78 Å². The molecule has 0 saturated heterocycles. The Morgan fingerprint density at radius 2 is 2.11 bits per heavy atom. The van der Waals surface area contributed by atoms with Gasteiger partial charge in [-0.15, -0.1) is 0 Å². The van der Waals surface area contributed by atoms with E-state index in [0.717, 1.165) is 5.69 Å². The SMILES string of the molecule is CN(CCc1ccccn1)C(=O)c1cnc(Cl)cn1. The fourth-order valence-corrected chi connectivity index (χ4v) is 1.65. The van der Waals surface area contributed by atoms with Gasteiger partial charge in [0.25, 0.3) is 5.91 Å². The van der Waals surface area contributed by atoms with Crippen molar-refractivity contribution in [2.75, 3.05) is 13.6 Å². The second-order valence-electron chi connectivity index (χ2n) is 4.02. The molecule has 0 aliphatic rings. The Bertz CT molecular complexity index is 544. The topological polar surface area (TPSA) is 59.0 Å². The van der Waals surface area contributed by atoms with Crippen LogP contribution in [0.5, 0.6) is 0 Å². The summed E-state index contributed by atoms with van der Waals surface area (Å²) in [6.45, 7) is 0.570. The first-order valence-corrected chi connectivity index (χ1v) is 6.17.